The van der Waals surface area contributed by atoms with Crippen LogP contribution in [-0.2, 0) is 9.53 Å². The molecular formula is C14H20O3. The lowest BCUT2D eigenvalue weighted by atomic mass is 10.1. The molecule has 0 unspecified atom stereocenters. The van der Waals surface area contributed by atoms with Crippen LogP contribution in [0.5, 0.6) is 0 Å². The summed E-state index contributed by atoms with van der Waals surface area (Å²) in [5, 5.41) is 8.49. The summed E-state index contributed by atoms with van der Waals surface area (Å²) in [7, 11) is 0. The molecule has 0 bridgehead atoms. The molecule has 17 heavy (non-hydrogen) atoms. The van der Waals surface area contributed by atoms with E-state index in [1.807, 2.05) is 12.2 Å². The minimum atomic E-state index is -0.905. The van der Waals surface area contributed by atoms with Gasteiger partial charge >= 0.3 is 5.97 Å². The molecule has 0 rings (SSSR count). The molecule has 0 aromatic heterocycles. The average Bonchev–Trinajstić information content (AvgIpc) is 2.26. The van der Waals surface area contributed by atoms with E-state index in [1.54, 1.807) is 6.92 Å². The smallest absolute Gasteiger partial charge is 0.328 e. The van der Waals surface area contributed by atoms with Crippen molar-refractivity contribution in [1.29, 1.82) is 0 Å². The molecule has 0 aliphatic rings. The molecule has 0 fully saturated rings. The molecular weight excluding hydrogens is 216 g/mol. The largest absolute Gasteiger partial charge is 0.478 e. The van der Waals surface area contributed by atoms with E-state index in [-0.39, 0.29) is 0 Å². The Kier molecular flexibility index (Phi) is 9.98. The van der Waals surface area contributed by atoms with Crippen LogP contribution >= 0.6 is 0 Å². The van der Waals surface area contributed by atoms with Crippen molar-refractivity contribution < 1.29 is 14.6 Å². The first-order chi connectivity index (χ1) is 8.16. The van der Waals surface area contributed by atoms with Crippen molar-refractivity contribution in [2.24, 2.45) is 0 Å². The van der Waals surface area contributed by atoms with E-state index in [4.69, 9.17) is 16.3 Å². The summed E-state index contributed by atoms with van der Waals surface area (Å²) in [5.41, 5.74) is 0.759. The highest BCUT2D eigenvalue weighted by Crippen LogP contribution is 2.03. The molecule has 1 N–H and O–H groups in total. The van der Waals surface area contributed by atoms with E-state index in [0.29, 0.717) is 13.2 Å². The Morgan fingerprint density at radius 2 is 2.18 bits per heavy atom. The molecule has 0 radical (unpaired) electrons. The molecule has 0 saturated heterocycles. The second kappa shape index (κ2) is 11.0. The van der Waals surface area contributed by atoms with Crippen molar-refractivity contribution in [1.82, 2.24) is 0 Å². The van der Waals surface area contributed by atoms with Crippen LogP contribution in [-0.4, -0.2) is 24.3 Å². The maximum Gasteiger partial charge on any atom is 0.328 e. The van der Waals surface area contributed by atoms with Crippen LogP contribution in [0, 0.1) is 12.3 Å². The zero-order valence-corrected chi connectivity index (χ0v) is 10.3. The lowest BCUT2D eigenvalue weighted by molar-refractivity contribution is -0.131. The van der Waals surface area contributed by atoms with Crippen LogP contribution < -0.4 is 0 Å². The van der Waals surface area contributed by atoms with Gasteiger partial charge in [0.15, 0.2) is 0 Å². The fourth-order valence-corrected chi connectivity index (χ4v) is 1.29. The first kappa shape index (κ1) is 15.5. The van der Waals surface area contributed by atoms with E-state index in [0.717, 1.165) is 31.3 Å². The molecule has 0 saturated carbocycles. The average molecular weight is 236 g/mol. The van der Waals surface area contributed by atoms with Crippen LogP contribution in [0.2, 0.25) is 0 Å². The van der Waals surface area contributed by atoms with E-state index >= 15 is 0 Å². The monoisotopic (exact) mass is 236 g/mol. The number of carbonyl (C=O) groups is 1. The van der Waals surface area contributed by atoms with E-state index in [9.17, 15) is 4.79 Å². The predicted molar refractivity (Wildman–Crippen MR) is 68.7 cm³/mol. The quantitative estimate of drug-likeness (QED) is 0.290. The van der Waals surface area contributed by atoms with Crippen molar-refractivity contribution in [2.75, 3.05) is 13.2 Å². The third-order valence-electron chi connectivity index (χ3n) is 2.08. The van der Waals surface area contributed by atoms with Gasteiger partial charge in [-0.25, -0.2) is 4.79 Å². The Labute approximate surface area is 103 Å². The summed E-state index contributed by atoms with van der Waals surface area (Å²) in [6.07, 6.45) is 14.2. The molecule has 0 aromatic carbocycles. The fourth-order valence-electron chi connectivity index (χ4n) is 1.29. The van der Waals surface area contributed by atoms with Gasteiger partial charge in [0.05, 0.1) is 0 Å². The SMILES string of the molecule is C#CCOCCCCC/C=C/C(C)=C/C(=O)O. The summed E-state index contributed by atoms with van der Waals surface area (Å²) in [6.45, 7) is 2.88. The van der Waals surface area contributed by atoms with Crippen LogP contribution in [0.15, 0.2) is 23.8 Å². The zero-order chi connectivity index (χ0) is 12.9. The first-order valence-electron chi connectivity index (χ1n) is 5.75. The van der Waals surface area contributed by atoms with Crippen molar-refractivity contribution in [3.05, 3.63) is 23.8 Å². The summed E-state index contributed by atoms with van der Waals surface area (Å²) in [5.74, 6) is 1.51. The van der Waals surface area contributed by atoms with Gasteiger partial charge in [-0.05, 0) is 31.8 Å². The Bertz CT molecular complexity index is 308. The highest BCUT2D eigenvalue weighted by Gasteiger charge is 1.90. The van der Waals surface area contributed by atoms with Gasteiger partial charge in [0.25, 0.3) is 0 Å². The maximum atomic E-state index is 10.3. The molecule has 94 valence electrons. The zero-order valence-electron chi connectivity index (χ0n) is 10.3. The number of rotatable bonds is 9. The van der Waals surface area contributed by atoms with E-state index < -0.39 is 5.97 Å². The van der Waals surface area contributed by atoms with E-state index in [1.165, 1.54) is 6.08 Å². The summed E-state index contributed by atoms with van der Waals surface area (Å²) in [4.78, 5) is 10.3. The molecule has 0 aliphatic carbocycles. The van der Waals surface area contributed by atoms with Gasteiger partial charge in [0, 0.05) is 12.7 Å². The van der Waals surface area contributed by atoms with Gasteiger partial charge in [-0.3, -0.25) is 0 Å². The van der Waals surface area contributed by atoms with Crippen LogP contribution in [0.4, 0.5) is 0 Å². The van der Waals surface area contributed by atoms with Crippen molar-refractivity contribution in [3.8, 4) is 12.3 Å². The Morgan fingerprint density at radius 1 is 1.41 bits per heavy atom. The molecule has 0 aromatic rings. The third kappa shape index (κ3) is 12.4. The first-order valence-corrected chi connectivity index (χ1v) is 5.75. The normalized spacial score (nSPS) is 11.6. The highest BCUT2D eigenvalue weighted by molar-refractivity contribution is 5.81. The lowest BCUT2D eigenvalue weighted by Gasteiger charge is -1.99. The highest BCUT2D eigenvalue weighted by atomic mass is 16.5. The van der Waals surface area contributed by atoms with Gasteiger partial charge in [0.2, 0.25) is 0 Å². The van der Waals surface area contributed by atoms with Gasteiger partial charge in [-0.1, -0.05) is 24.5 Å². The van der Waals surface area contributed by atoms with Gasteiger partial charge in [-0.2, -0.15) is 0 Å². The summed E-state index contributed by atoms with van der Waals surface area (Å²) >= 11 is 0. The number of terminal acetylenes is 1. The molecule has 0 heterocycles. The minimum absolute atomic E-state index is 0.388. The van der Waals surface area contributed by atoms with Crippen molar-refractivity contribution in [3.63, 3.8) is 0 Å². The Balaban J connectivity index is 3.43. The fraction of sp³-hybridized carbons (Fsp3) is 0.500. The number of allylic oxidation sites excluding steroid dienone is 3. The Hall–Kier alpha value is -1.53. The number of hydrogen-bond donors (Lipinski definition) is 1. The van der Waals surface area contributed by atoms with E-state index in [2.05, 4.69) is 5.92 Å². The van der Waals surface area contributed by atoms with Crippen LogP contribution in [0.1, 0.15) is 32.6 Å². The van der Waals surface area contributed by atoms with Gasteiger partial charge < -0.3 is 9.84 Å². The third-order valence-corrected chi connectivity index (χ3v) is 2.08. The topological polar surface area (TPSA) is 46.5 Å². The van der Waals surface area contributed by atoms with Gasteiger partial charge in [-0.15, -0.1) is 6.42 Å². The molecule has 0 spiro atoms. The number of unbranched alkanes of at least 4 members (excludes halogenated alkanes) is 3. The van der Waals surface area contributed by atoms with Crippen LogP contribution in [0.25, 0.3) is 0 Å². The molecule has 0 atom stereocenters. The standard InChI is InChI=1S/C14H20O3/c1-3-10-17-11-8-6-4-5-7-9-13(2)12-14(15)16/h1,7,9,12H,4-6,8,10-11H2,2H3,(H,15,16)/b9-7+,13-12+. The number of carboxylic acid groups (broad SMARTS) is 1. The Morgan fingerprint density at radius 3 is 2.82 bits per heavy atom. The molecule has 0 amide bonds. The molecule has 3 heteroatoms. The summed E-state index contributed by atoms with van der Waals surface area (Å²) in [6, 6.07) is 0. The minimum Gasteiger partial charge on any atom is -0.478 e. The molecule has 3 nitrogen and oxygen atoms in total. The number of hydrogen-bond acceptors (Lipinski definition) is 2. The maximum absolute atomic E-state index is 10.3. The second-order valence-electron chi connectivity index (χ2n) is 3.74. The van der Waals surface area contributed by atoms with Crippen LogP contribution in [0.3, 0.4) is 0 Å². The summed E-state index contributed by atoms with van der Waals surface area (Å²) < 4.78 is 5.14. The van der Waals surface area contributed by atoms with Crippen molar-refractivity contribution >= 4 is 5.97 Å². The van der Waals surface area contributed by atoms with Crippen molar-refractivity contribution in [2.45, 2.75) is 32.6 Å². The number of ether oxygens (including phenoxy) is 1. The number of carboxylic acids is 1. The molecule has 0 aliphatic heterocycles. The second-order valence-corrected chi connectivity index (χ2v) is 3.74. The number of aliphatic carboxylic acids is 1. The lowest BCUT2D eigenvalue weighted by Crippen LogP contribution is -1.94. The van der Waals surface area contributed by atoms with Gasteiger partial charge in [0.1, 0.15) is 6.61 Å². The predicted octanol–water partition coefficient (Wildman–Crippen LogP) is 2.78.